The SMILES string of the molecule is O=C1CCC(N2Cc3ccc(CCCCCO)cc3C2=O)C(=O)N1. The predicted octanol–water partition coefficient (Wildman–Crippen LogP) is 1.15. The Morgan fingerprint density at radius 1 is 1.17 bits per heavy atom. The van der Waals surface area contributed by atoms with E-state index in [1.807, 2.05) is 18.2 Å². The van der Waals surface area contributed by atoms with Crippen LogP contribution in [0.3, 0.4) is 0 Å². The lowest BCUT2D eigenvalue weighted by Crippen LogP contribution is -2.52. The molecule has 24 heavy (non-hydrogen) atoms. The summed E-state index contributed by atoms with van der Waals surface area (Å²) < 4.78 is 0. The Bertz CT molecular complexity index is 671. The fraction of sp³-hybridized carbons (Fsp3) is 0.500. The van der Waals surface area contributed by atoms with Gasteiger partial charge in [-0.3, -0.25) is 19.7 Å². The van der Waals surface area contributed by atoms with Gasteiger partial charge in [0.15, 0.2) is 0 Å². The smallest absolute Gasteiger partial charge is 0.255 e. The fourth-order valence-corrected chi connectivity index (χ4v) is 3.38. The van der Waals surface area contributed by atoms with Crippen molar-refractivity contribution in [2.24, 2.45) is 0 Å². The van der Waals surface area contributed by atoms with Gasteiger partial charge in [0.2, 0.25) is 11.8 Å². The summed E-state index contributed by atoms with van der Waals surface area (Å²) in [6, 6.07) is 5.35. The van der Waals surface area contributed by atoms with Crippen LogP contribution in [-0.4, -0.2) is 40.4 Å². The van der Waals surface area contributed by atoms with E-state index in [-0.39, 0.29) is 30.7 Å². The third kappa shape index (κ3) is 3.33. The van der Waals surface area contributed by atoms with Crippen molar-refractivity contribution in [3.8, 4) is 0 Å². The molecule has 2 aliphatic rings. The molecule has 6 nitrogen and oxygen atoms in total. The molecule has 2 N–H and O–H groups in total. The molecule has 1 fully saturated rings. The number of amides is 3. The Kier molecular flexibility index (Phi) is 4.94. The first-order valence-corrected chi connectivity index (χ1v) is 8.47. The minimum absolute atomic E-state index is 0.128. The van der Waals surface area contributed by atoms with Gasteiger partial charge in [-0.25, -0.2) is 0 Å². The molecule has 0 spiro atoms. The van der Waals surface area contributed by atoms with Gasteiger partial charge in [0.25, 0.3) is 5.91 Å². The number of rotatable bonds is 6. The first-order chi connectivity index (χ1) is 11.6. The first kappa shape index (κ1) is 16.6. The maximum absolute atomic E-state index is 12.7. The van der Waals surface area contributed by atoms with Crippen LogP contribution in [0.25, 0.3) is 0 Å². The summed E-state index contributed by atoms with van der Waals surface area (Å²) in [6.45, 7) is 0.634. The van der Waals surface area contributed by atoms with Crippen molar-refractivity contribution in [1.29, 1.82) is 0 Å². The van der Waals surface area contributed by atoms with Gasteiger partial charge in [0.05, 0.1) is 0 Å². The van der Waals surface area contributed by atoms with Gasteiger partial charge in [-0.2, -0.15) is 0 Å². The molecule has 1 atom stereocenters. The molecule has 0 bridgehead atoms. The summed E-state index contributed by atoms with van der Waals surface area (Å²) in [5.74, 6) is -0.779. The van der Waals surface area contributed by atoms with Crippen LogP contribution in [0.15, 0.2) is 18.2 Å². The zero-order valence-electron chi connectivity index (χ0n) is 13.6. The lowest BCUT2D eigenvalue weighted by atomic mass is 10.0. The van der Waals surface area contributed by atoms with E-state index in [1.165, 1.54) is 0 Å². The number of hydrogen-bond acceptors (Lipinski definition) is 4. The second-order valence-electron chi connectivity index (χ2n) is 6.43. The molecule has 3 amide bonds. The normalized spacial score (nSPS) is 20.3. The molecule has 128 valence electrons. The lowest BCUT2D eigenvalue weighted by Gasteiger charge is -2.29. The van der Waals surface area contributed by atoms with Crippen LogP contribution in [0.2, 0.25) is 0 Å². The summed E-state index contributed by atoms with van der Waals surface area (Å²) in [4.78, 5) is 37.5. The third-order valence-electron chi connectivity index (χ3n) is 4.72. The van der Waals surface area contributed by atoms with Crippen molar-refractivity contribution >= 4 is 17.7 Å². The lowest BCUT2D eigenvalue weighted by molar-refractivity contribution is -0.136. The van der Waals surface area contributed by atoms with Gasteiger partial charge < -0.3 is 10.0 Å². The van der Waals surface area contributed by atoms with E-state index in [9.17, 15) is 14.4 Å². The quantitative estimate of drug-likeness (QED) is 0.605. The van der Waals surface area contributed by atoms with E-state index in [4.69, 9.17) is 5.11 Å². The molecule has 3 rings (SSSR count). The van der Waals surface area contributed by atoms with E-state index in [0.717, 1.165) is 36.8 Å². The van der Waals surface area contributed by atoms with Gasteiger partial charge in [0.1, 0.15) is 6.04 Å². The summed E-state index contributed by atoms with van der Waals surface area (Å²) in [6.07, 6.45) is 4.27. The van der Waals surface area contributed by atoms with Gasteiger partial charge in [-0.15, -0.1) is 0 Å². The molecule has 0 aliphatic carbocycles. The average Bonchev–Trinajstić information content (AvgIpc) is 2.88. The second kappa shape index (κ2) is 7.13. The number of benzene rings is 1. The Morgan fingerprint density at radius 2 is 2.00 bits per heavy atom. The summed E-state index contributed by atoms with van der Waals surface area (Å²) >= 11 is 0. The summed E-state index contributed by atoms with van der Waals surface area (Å²) in [7, 11) is 0. The number of carbonyl (C=O) groups is 3. The van der Waals surface area contributed by atoms with Crippen molar-refractivity contribution < 1.29 is 19.5 Å². The van der Waals surface area contributed by atoms with Crippen molar-refractivity contribution in [2.45, 2.75) is 51.1 Å². The van der Waals surface area contributed by atoms with Crippen LogP contribution in [-0.2, 0) is 22.6 Å². The number of hydrogen-bond donors (Lipinski definition) is 2. The van der Waals surface area contributed by atoms with Crippen LogP contribution in [0.1, 0.15) is 53.6 Å². The minimum Gasteiger partial charge on any atom is -0.396 e. The topological polar surface area (TPSA) is 86.7 Å². The Balaban J connectivity index is 1.69. The monoisotopic (exact) mass is 330 g/mol. The molecule has 6 heteroatoms. The van der Waals surface area contributed by atoms with Crippen molar-refractivity contribution in [3.05, 3.63) is 34.9 Å². The van der Waals surface area contributed by atoms with Crippen LogP contribution in [0.5, 0.6) is 0 Å². The van der Waals surface area contributed by atoms with Crippen molar-refractivity contribution in [1.82, 2.24) is 10.2 Å². The Hall–Kier alpha value is -2.21. The number of aliphatic hydroxyl groups is 1. The standard InChI is InChI=1S/C18H22N2O4/c21-9-3-1-2-4-12-5-6-13-11-20(18(24)14(13)10-12)15-7-8-16(22)19-17(15)23/h5-6,10,15,21H,1-4,7-9,11H2,(H,19,22,23). The number of piperidine rings is 1. The number of nitrogens with zero attached hydrogens (tertiary/aromatic N) is 1. The molecule has 1 saturated heterocycles. The summed E-state index contributed by atoms with van der Waals surface area (Å²) in [5.41, 5.74) is 2.70. The van der Waals surface area contributed by atoms with Gasteiger partial charge in [-0.1, -0.05) is 18.6 Å². The second-order valence-corrected chi connectivity index (χ2v) is 6.43. The molecule has 2 heterocycles. The highest BCUT2D eigenvalue weighted by Gasteiger charge is 2.38. The van der Waals surface area contributed by atoms with E-state index < -0.39 is 6.04 Å². The minimum atomic E-state index is -0.560. The molecule has 1 unspecified atom stereocenters. The molecule has 2 aliphatic heterocycles. The van der Waals surface area contributed by atoms with Gasteiger partial charge in [0, 0.05) is 25.1 Å². The largest absolute Gasteiger partial charge is 0.396 e. The highest BCUT2D eigenvalue weighted by molar-refractivity contribution is 6.05. The molecule has 0 aromatic heterocycles. The number of unbranched alkanes of at least 4 members (excludes halogenated alkanes) is 2. The Labute approximate surface area is 140 Å². The molecular weight excluding hydrogens is 308 g/mol. The number of fused-ring (bicyclic) bond motifs is 1. The maximum Gasteiger partial charge on any atom is 0.255 e. The molecule has 0 radical (unpaired) electrons. The number of aryl methyl sites for hydroxylation is 1. The third-order valence-corrected chi connectivity index (χ3v) is 4.72. The van der Waals surface area contributed by atoms with Gasteiger partial charge in [-0.05, 0) is 42.9 Å². The highest BCUT2D eigenvalue weighted by Crippen LogP contribution is 2.28. The van der Waals surface area contributed by atoms with E-state index in [2.05, 4.69) is 5.32 Å². The van der Waals surface area contributed by atoms with Crippen LogP contribution in [0, 0.1) is 0 Å². The zero-order chi connectivity index (χ0) is 17.1. The number of nitrogens with one attached hydrogen (secondary N) is 1. The Morgan fingerprint density at radius 3 is 2.75 bits per heavy atom. The van der Waals surface area contributed by atoms with Gasteiger partial charge >= 0.3 is 0 Å². The van der Waals surface area contributed by atoms with Crippen LogP contribution < -0.4 is 5.32 Å². The molecule has 1 aromatic rings. The predicted molar refractivity (Wildman–Crippen MR) is 87.1 cm³/mol. The van der Waals surface area contributed by atoms with Crippen LogP contribution in [0.4, 0.5) is 0 Å². The van der Waals surface area contributed by atoms with Crippen molar-refractivity contribution in [2.75, 3.05) is 6.61 Å². The zero-order valence-corrected chi connectivity index (χ0v) is 13.6. The number of aliphatic hydroxyl groups excluding tert-OH is 1. The number of carbonyl (C=O) groups excluding carboxylic acids is 3. The van der Waals surface area contributed by atoms with E-state index >= 15 is 0 Å². The molecule has 0 saturated carbocycles. The van der Waals surface area contributed by atoms with E-state index in [1.54, 1.807) is 4.90 Å². The summed E-state index contributed by atoms with van der Waals surface area (Å²) in [5, 5.41) is 11.1. The highest BCUT2D eigenvalue weighted by atomic mass is 16.3. The average molecular weight is 330 g/mol. The molecular formula is C18H22N2O4. The first-order valence-electron chi connectivity index (χ1n) is 8.47. The van der Waals surface area contributed by atoms with Crippen LogP contribution >= 0.6 is 0 Å². The van der Waals surface area contributed by atoms with E-state index in [0.29, 0.717) is 18.5 Å². The van der Waals surface area contributed by atoms with Crippen molar-refractivity contribution in [3.63, 3.8) is 0 Å². The number of imide groups is 1. The maximum atomic E-state index is 12.7. The fourth-order valence-electron chi connectivity index (χ4n) is 3.38. The molecule has 1 aromatic carbocycles.